The number of aliphatic hydroxyl groups excluding tert-OH is 2. The fourth-order valence-electron chi connectivity index (χ4n) is 2.21. The standard InChI is InChI=1S/C12H17NO4S/c14-7-9(8-15)13-11-5-6-18(16,17)12-4-2-1-3-10(11)12/h1-4,9,11,13-15H,5-8H2. The van der Waals surface area contributed by atoms with Gasteiger partial charge in [0.05, 0.1) is 29.9 Å². The molecule has 0 aromatic heterocycles. The third-order valence-electron chi connectivity index (χ3n) is 3.18. The van der Waals surface area contributed by atoms with Gasteiger partial charge in [0.15, 0.2) is 9.84 Å². The maximum atomic E-state index is 11.9. The van der Waals surface area contributed by atoms with Crippen molar-refractivity contribution >= 4 is 9.84 Å². The van der Waals surface area contributed by atoms with Crippen molar-refractivity contribution in [1.82, 2.24) is 5.32 Å². The van der Waals surface area contributed by atoms with E-state index in [-0.39, 0.29) is 25.0 Å². The van der Waals surface area contributed by atoms with Gasteiger partial charge in [0.2, 0.25) is 0 Å². The molecule has 0 saturated heterocycles. The van der Waals surface area contributed by atoms with Crippen LogP contribution in [0.5, 0.6) is 0 Å². The molecule has 1 atom stereocenters. The summed E-state index contributed by atoms with van der Waals surface area (Å²) in [7, 11) is -3.19. The van der Waals surface area contributed by atoms with E-state index >= 15 is 0 Å². The van der Waals surface area contributed by atoms with Crippen LogP contribution in [0.1, 0.15) is 18.0 Å². The second-order valence-electron chi connectivity index (χ2n) is 4.43. The summed E-state index contributed by atoms with van der Waals surface area (Å²) in [5.74, 6) is 0.0885. The third kappa shape index (κ3) is 2.56. The molecule has 1 aromatic carbocycles. The predicted molar refractivity (Wildman–Crippen MR) is 66.9 cm³/mol. The van der Waals surface area contributed by atoms with Gasteiger partial charge >= 0.3 is 0 Å². The number of sulfone groups is 1. The Kier molecular flexibility index (Phi) is 4.01. The van der Waals surface area contributed by atoms with E-state index < -0.39 is 15.9 Å². The van der Waals surface area contributed by atoms with Gasteiger partial charge in [-0.3, -0.25) is 0 Å². The lowest BCUT2D eigenvalue weighted by Crippen LogP contribution is -2.41. The molecule has 0 fully saturated rings. The number of rotatable bonds is 4. The maximum absolute atomic E-state index is 11.9. The van der Waals surface area contributed by atoms with Crippen LogP contribution < -0.4 is 5.32 Å². The number of benzene rings is 1. The molecule has 1 aliphatic heterocycles. The Labute approximate surface area is 106 Å². The predicted octanol–water partition coefficient (Wildman–Crippen LogP) is -0.152. The van der Waals surface area contributed by atoms with Crippen LogP contribution in [-0.4, -0.2) is 43.6 Å². The fourth-order valence-corrected chi connectivity index (χ4v) is 3.83. The van der Waals surface area contributed by atoms with Gasteiger partial charge in [-0.2, -0.15) is 0 Å². The molecular formula is C12H17NO4S. The van der Waals surface area contributed by atoms with Crippen LogP contribution >= 0.6 is 0 Å². The van der Waals surface area contributed by atoms with Crippen molar-refractivity contribution in [2.24, 2.45) is 0 Å². The molecule has 1 aliphatic rings. The molecular weight excluding hydrogens is 254 g/mol. The summed E-state index contributed by atoms with van der Waals surface area (Å²) in [6.45, 7) is -0.357. The van der Waals surface area contributed by atoms with E-state index in [1.165, 1.54) is 0 Å². The Morgan fingerprint density at radius 2 is 1.94 bits per heavy atom. The molecule has 18 heavy (non-hydrogen) atoms. The largest absolute Gasteiger partial charge is 0.395 e. The number of aliphatic hydroxyl groups is 2. The normalized spacial score (nSPS) is 21.8. The highest BCUT2D eigenvalue weighted by Gasteiger charge is 2.30. The topological polar surface area (TPSA) is 86.6 Å². The van der Waals surface area contributed by atoms with Crippen LogP contribution in [-0.2, 0) is 9.84 Å². The van der Waals surface area contributed by atoms with Crippen molar-refractivity contribution in [3.8, 4) is 0 Å². The number of hydrogen-bond acceptors (Lipinski definition) is 5. The van der Waals surface area contributed by atoms with E-state index in [1.807, 2.05) is 0 Å². The Morgan fingerprint density at radius 3 is 2.61 bits per heavy atom. The molecule has 0 aliphatic carbocycles. The first-order valence-corrected chi connectivity index (χ1v) is 7.53. The van der Waals surface area contributed by atoms with Crippen molar-refractivity contribution in [2.75, 3.05) is 19.0 Å². The van der Waals surface area contributed by atoms with Gasteiger partial charge in [0.1, 0.15) is 0 Å². The first kappa shape index (κ1) is 13.5. The van der Waals surface area contributed by atoms with Crippen LogP contribution in [0.2, 0.25) is 0 Å². The smallest absolute Gasteiger partial charge is 0.178 e. The molecule has 0 radical (unpaired) electrons. The first-order chi connectivity index (χ1) is 8.58. The lowest BCUT2D eigenvalue weighted by molar-refractivity contribution is 0.160. The minimum atomic E-state index is -3.19. The molecule has 100 valence electrons. The first-order valence-electron chi connectivity index (χ1n) is 5.88. The molecule has 3 N–H and O–H groups in total. The number of fused-ring (bicyclic) bond motifs is 1. The van der Waals surface area contributed by atoms with Crippen LogP contribution in [0.3, 0.4) is 0 Å². The second kappa shape index (κ2) is 5.36. The lowest BCUT2D eigenvalue weighted by Gasteiger charge is -2.29. The van der Waals surface area contributed by atoms with Gasteiger partial charge in [0.25, 0.3) is 0 Å². The maximum Gasteiger partial charge on any atom is 0.178 e. The minimum absolute atomic E-state index is 0.0885. The number of nitrogens with one attached hydrogen (secondary N) is 1. The zero-order valence-electron chi connectivity index (χ0n) is 9.91. The Balaban J connectivity index is 2.31. The molecule has 2 rings (SSSR count). The SMILES string of the molecule is O=S1(=O)CCC(NC(CO)CO)c2ccccc21. The van der Waals surface area contributed by atoms with Crippen molar-refractivity contribution < 1.29 is 18.6 Å². The van der Waals surface area contributed by atoms with E-state index in [2.05, 4.69) is 5.32 Å². The molecule has 0 saturated carbocycles. The van der Waals surface area contributed by atoms with Crippen molar-refractivity contribution in [3.63, 3.8) is 0 Å². The van der Waals surface area contributed by atoms with Crippen LogP contribution in [0, 0.1) is 0 Å². The van der Waals surface area contributed by atoms with Gasteiger partial charge < -0.3 is 15.5 Å². The van der Waals surface area contributed by atoms with Crippen LogP contribution in [0.25, 0.3) is 0 Å². The quantitative estimate of drug-likeness (QED) is 0.709. The van der Waals surface area contributed by atoms with E-state index in [9.17, 15) is 8.42 Å². The average molecular weight is 271 g/mol. The Bertz CT molecular complexity index is 511. The van der Waals surface area contributed by atoms with Gasteiger partial charge in [-0.25, -0.2) is 8.42 Å². The molecule has 0 amide bonds. The minimum Gasteiger partial charge on any atom is -0.395 e. The second-order valence-corrected chi connectivity index (χ2v) is 6.50. The highest BCUT2D eigenvalue weighted by atomic mass is 32.2. The summed E-state index contributed by atoms with van der Waals surface area (Å²) in [5, 5.41) is 21.2. The molecule has 0 bridgehead atoms. The van der Waals surface area contributed by atoms with Gasteiger partial charge in [0, 0.05) is 6.04 Å². The molecule has 6 heteroatoms. The molecule has 1 aromatic rings. The van der Waals surface area contributed by atoms with Crippen molar-refractivity contribution in [3.05, 3.63) is 29.8 Å². The monoisotopic (exact) mass is 271 g/mol. The third-order valence-corrected chi connectivity index (χ3v) is 5.00. The Hall–Kier alpha value is -0.950. The van der Waals surface area contributed by atoms with Crippen molar-refractivity contribution in [2.45, 2.75) is 23.4 Å². The highest BCUT2D eigenvalue weighted by Crippen LogP contribution is 2.31. The van der Waals surface area contributed by atoms with E-state index in [4.69, 9.17) is 10.2 Å². The molecule has 1 unspecified atom stereocenters. The summed E-state index contributed by atoms with van der Waals surface area (Å²) in [6.07, 6.45) is 0.454. The van der Waals surface area contributed by atoms with Crippen LogP contribution in [0.15, 0.2) is 29.2 Å². The molecule has 5 nitrogen and oxygen atoms in total. The molecule has 0 spiro atoms. The zero-order valence-corrected chi connectivity index (χ0v) is 10.7. The molecule has 1 heterocycles. The van der Waals surface area contributed by atoms with E-state index in [0.29, 0.717) is 11.3 Å². The van der Waals surface area contributed by atoms with E-state index in [0.717, 1.165) is 5.56 Å². The zero-order chi connectivity index (χ0) is 13.2. The highest BCUT2D eigenvalue weighted by molar-refractivity contribution is 7.91. The van der Waals surface area contributed by atoms with Gasteiger partial charge in [-0.05, 0) is 18.1 Å². The fraction of sp³-hybridized carbons (Fsp3) is 0.500. The summed E-state index contributed by atoms with van der Waals surface area (Å²) in [4.78, 5) is 0.350. The van der Waals surface area contributed by atoms with E-state index in [1.54, 1.807) is 24.3 Å². The Morgan fingerprint density at radius 1 is 1.28 bits per heavy atom. The summed E-state index contributed by atoms with van der Waals surface area (Å²) < 4.78 is 23.8. The van der Waals surface area contributed by atoms with Crippen LogP contribution in [0.4, 0.5) is 0 Å². The summed E-state index contributed by atoms with van der Waals surface area (Å²) in [5.41, 5.74) is 0.718. The lowest BCUT2D eigenvalue weighted by atomic mass is 10.0. The van der Waals surface area contributed by atoms with Gasteiger partial charge in [-0.15, -0.1) is 0 Å². The summed E-state index contributed by atoms with van der Waals surface area (Å²) in [6, 6.07) is 6.30. The average Bonchev–Trinajstić information content (AvgIpc) is 2.38. The van der Waals surface area contributed by atoms with Crippen molar-refractivity contribution in [1.29, 1.82) is 0 Å². The number of hydrogen-bond donors (Lipinski definition) is 3. The van der Waals surface area contributed by atoms with Gasteiger partial charge in [-0.1, -0.05) is 18.2 Å². The summed E-state index contributed by atoms with van der Waals surface area (Å²) >= 11 is 0.